The molecule has 3 aromatic rings. The minimum atomic E-state index is -0.384. The van der Waals surface area contributed by atoms with Gasteiger partial charge in [-0.05, 0) is 181 Å². The smallest absolute Gasteiger partial charge is 0.330 e. The van der Waals surface area contributed by atoms with Gasteiger partial charge in [0.05, 0.1) is 52.7 Å². The zero-order chi connectivity index (χ0) is 47.9. The zero-order valence-corrected chi connectivity index (χ0v) is 39.5. The van der Waals surface area contributed by atoms with E-state index in [1.807, 2.05) is 54.6 Å². The first-order valence-corrected chi connectivity index (χ1v) is 24.1. The van der Waals surface area contributed by atoms with Gasteiger partial charge in [0.1, 0.15) is 40.8 Å². The van der Waals surface area contributed by atoms with Gasteiger partial charge in [-0.1, -0.05) is 13.2 Å². The van der Waals surface area contributed by atoms with Crippen LogP contribution in [0.4, 0.5) is 0 Å². The summed E-state index contributed by atoms with van der Waals surface area (Å²) in [5, 5.41) is 0. The van der Waals surface area contributed by atoms with Crippen LogP contribution in [-0.4, -0.2) is 70.9 Å². The Balaban J connectivity index is 0.000000410. The summed E-state index contributed by atoms with van der Waals surface area (Å²) >= 11 is 0. The molecule has 2 fully saturated rings. The maximum absolute atomic E-state index is 12.8. The molecular formula is C54H73NO12. The van der Waals surface area contributed by atoms with E-state index in [1.165, 1.54) is 12.2 Å². The van der Waals surface area contributed by atoms with Crippen molar-refractivity contribution in [2.24, 2.45) is 29.4 Å². The third-order valence-corrected chi connectivity index (χ3v) is 12.0. The average molecular weight is 928 g/mol. The van der Waals surface area contributed by atoms with E-state index in [1.54, 1.807) is 19.2 Å². The number of hydrogen-bond donors (Lipinski definition) is 1. The summed E-state index contributed by atoms with van der Waals surface area (Å²) < 4.78 is 44.3. The maximum Gasteiger partial charge on any atom is 0.330 e. The molecule has 2 aliphatic carbocycles. The van der Waals surface area contributed by atoms with Crippen LogP contribution >= 0.6 is 0 Å². The molecule has 5 rings (SSSR count). The number of esters is 3. The Kier molecular flexibility index (Phi) is 25.7. The van der Waals surface area contributed by atoms with E-state index < -0.39 is 0 Å². The first kappa shape index (κ1) is 53.8. The molecule has 0 radical (unpaired) electrons. The van der Waals surface area contributed by atoms with Crippen molar-refractivity contribution in [3.63, 3.8) is 0 Å². The predicted octanol–water partition coefficient (Wildman–Crippen LogP) is 10.4. The summed E-state index contributed by atoms with van der Waals surface area (Å²) in [4.78, 5) is 45.6. The van der Waals surface area contributed by atoms with Crippen molar-refractivity contribution in [3.05, 3.63) is 97.6 Å². The van der Waals surface area contributed by atoms with E-state index >= 15 is 0 Å². The molecule has 0 saturated heterocycles. The molecule has 2 saturated carbocycles. The van der Waals surface area contributed by atoms with E-state index in [0.717, 1.165) is 143 Å². The Morgan fingerprint density at radius 1 is 0.567 bits per heavy atom. The van der Waals surface area contributed by atoms with Crippen LogP contribution in [0.3, 0.4) is 0 Å². The lowest BCUT2D eigenvalue weighted by molar-refractivity contribution is -0.140. The fourth-order valence-electron chi connectivity index (χ4n) is 7.86. The molecule has 67 heavy (non-hydrogen) atoms. The number of methoxy groups -OCH3 is 1. The lowest BCUT2D eigenvalue weighted by Crippen LogP contribution is -2.27. The second-order valence-corrected chi connectivity index (χ2v) is 17.1. The Morgan fingerprint density at radius 2 is 1.03 bits per heavy atom. The van der Waals surface area contributed by atoms with Gasteiger partial charge in [-0.2, -0.15) is 0 Å². The Bertz CT molecular complexity index is 1900. The van der Waals surface area contributed by atoms with Crippen molar-refractivity contribution in [2.75, 3.05) is 46.8 Å². The highest BCUT2D eigenvalue weighted by Crippen LogP contribution is 2.33. The quantitative estimate of drug-likeness (QED) is 0.0230. The van der Waals surface area contributed by atoms with Gasteiger partial charge in [0.25, 0.3) is 0 Å². The average Bonchev–Trinajstić information content (AvgIpc) is 3.37. The van der Waals surface area contributed by atoms with Gasteiger partial charge >= 0.3 is 17.9 Å². The molecule has 0 spiro atoms. The minimum absolute atomic E-state index is 0.115. The van der Waals surface area contributed by atoms with Crippen molar-refractivity contribution < 1.29 is 57.1 Å². The van der Waals surface area contributed by atoms with Crippen LogP contribution in [0, 0.1) is 23.7 Å². The fourth-order valence-corrected chi connectivity index (χ4v) is 7.86. The second kappa shape index (κ2) is 32.0. The molecule has 0 atom stereocenters. The SMILES string of the molecule is C=CC(=O)OCCCCCCOc1ccc(OC(=O)C2CCC(COc3ccc(OCC4CCC(C=O)CC4)c(CN)c3)CC2)cc1.C=CC(=O)OCCCCCCOc1ccc(OC)cc1. The summed E-state index contributed by atoms with van der Waals surface area (Å²) in [5.41, 5.74) is 6.95. The normalized spacial score (nSPS) is 17.6. The van der Waals surface area contributed by atoms with Gasteiger partial charge in [0.15, 0.2) is 0 Å². The molecular weight excluding hydrogens is 855 g/mol. The number of unbranched alkanes of at least 4 members (excludes halogenated alkanes) is 6. The van der Waals surface area contributed by atoms with Gasteiger partial charge in [0, 0.05) is 30.2 Å². The molecule has 0 unspecified atom stereocenters. The highest BCUT2D eigenvalue weighted by atomic mass is 16.5. The van der Waals surface area contributed by atoms with Gasteiger partial charge in [-0.15, -0.1) is 0 Å². The van der Waals surface area contributed by atoms with Crippen LogP contribution in [0.1, 0.15) is 108 Å². The number of rotatable bonds is 29. The molecule has 0 heterocycles. The molecule has 0 aliphatic heterocycles. The van der Waals surface area contributed by atoms with E-state index in [9.17, 15) is 19.2 Å². The molecule has 2 aliphatic rings. The van der Waals surface area contributed by atoms with Crippen molar-refractivity contribution >= 4 is 24.2 Å². The summed E-state index contributed by atoms with van der Waals surface area (Å²) in [6.07, 6.45) is 18.4. The number of hydrogen-bond acceptors (Lipinski definition) is 13. The summed E-state index contributed by atoms with van der Waals surface area (Å²) in [6, 6.07) is 20.6. The number of nitrogens with two attached hydrogens (primary N) is 1. The van der Waals surface area contributed by atoms with E-state index in [-0.39, 0.29) is 29.7 Å². The molecule has 0 aromatic heterocycles. The Hall–Kier alpha value is -5.82. The Labute approximate surface area is 397 Å². The van der Waals surface area contributed by atoms with Crippen LogP contribution in [0.2, 0.25) is 0 Å². The lowest BCUT2D eigenvalue weighted by atomic mass is 9.82. The number of carbonyl (C=O) groups excluding carboxylic acids is 4. The molecule has 0 amide bonds. The van der Waals surface area contributed by atoms with Crippen molar-refractivity contribution in [2.45, 2.75) is 109 Å². The monoisotopic (exact) mass is 928 g/mol. The van der Waals surface area contributed by atoms with Gasteiger partial charge in [-0.3, -0.25) is 4.79 Å². The largest absolute Gasteiger partial charge is 0.497 e. The van der Waals surface area contributed by atoms with Gasteiger partial charge in [-0.25, -0.2) is 9.59 Å². The highest BCUT2D eigenvalue weighted by Gasteiger charge is 2.28. The van der Waals surface area contributed by atoms with E-state index in [0.29, 0.717) is 63.8 Å². The van der Waals surface area contributed by atoms with E-state index in [4.69, 9.17) is 43.6 Å². The van der Waals surface area contributed by atoms with Crippen LogP contribution in [-0.2, 0) is 35.2 Å². The third-order valence-electron chi connectivity index (χ3n) is 12.0. The summed E-state index contributed by atoms with van der Waals surface area (Å²) in [6.45, 7) is 10.5. The third kappa shape index (κ3) is 21.6. The minimum Gasteiger partial charge on any atom is -0.497 e. The molecule has 13 heteroatoms. The fraction of sp³-hybridized carbons (Fsp3) is 0.519. The van der Waals surface area contributed by atoms with Crippen LogP contribution in [0.25, 0.3) is 0 Å². The molecule has 2 N–H and O–H groups in total. The molecule has 13 nitrogen and oxygen atoms in total. The first-order valence-electron chi connectivity index (χ1n) is 24.1. The molecule has 3 aromatic carbocycles. The zero-order valence-electron chi connectivity index (χ0n) is 39.5. The number of ether oxygens (including phenoxy) is 8. The predicted molar refractivity (Wildman–Crippen MR) is 258 cm³/mol. The lowest BCUT2D eigenvalue weighted by Gasteiger charge is -2.27. The topological polar surface area (TPSA) is 168 Å². The standard InChI is InChI=1S/C38H51NO8.C16H22O4/c1-2-37(41)44-22-6-4-3-5-21-43-33-15-17-34(18-16-33)47-38(42)31-13-11-30(12-14-31)26-45-35-19-20-36(32(23-35)24-39)46-27-29-9-7-28(25-40)8-10-29;1-3-16(17)20-13-7-5-4-6-12-19-15-10-8-14(18-2)9-11-15/h2,15-20,23,25,28-31H,1,3-14,21-22,24,26-27,39H2;3,8-11H,1,4-7,12-13H2,2H3. The number of benzene rings is 3. The van der Waals surface area contributed by atoms with Crippen molar-refractivity contribution in [1.29, 1.82) is 0 Å². The first-order chi connectivity index (χ1) is 32.7. The van der Waals surface area contributed by atoms with Gasteiger partial charge in [0.2, 0.25) is 0 Å². The van der Waals surface area contributed by atoms with Crippen LogP contribution in [0.15, 0.2) is 92.0 Å². The highest BCUT2D eigenvalue weighted by molar-refractivity contribution is 5.81. The number of carbonyl (C=O) groups is 4. The van der Waals surface area contributed by atoms with Crippen LogP contribution in [0.5, 0.6) is 34.5 Å². The van der Waals surface area contributed by atoms with E-state index in [2.05, 4.69) is 13.2 Å². The number of aldehydes is 1. The van der Waals surface area contributed by atoms with Crippen molar-refractivity contribution in [1.82, 2.24) is 0 Å². The Morgan fingerprint density at radius 3 is 1.52 bits per heavy atom. The maximum atomic E-state index is 12.8. The van der Waals surface area contributed by atoms with Crippen molar-refractivity contribution in [3.8, 4) is 34.5 Å². The summed E-state index contributed by atoms with van der Waals surface area (Å²) in [7, 11) is 1.64. The molecule has 0 bridgehead atoms. The van der Waals surface area contributed by atoms with Gasteiger partial charge < -0.3 is 48.4 Å². The molecule has 366 valence electrons. The van der Waals surface area contributed by atoms with Crippen LogP contribution < -0.4 is 34.2 Å². The second-order valence-electron chi connectivity index (χ2n) is 17.1. The summed E-state index contributed by atoms with van der Waals surface area (Å²) in [5.74, 6) is 4.54.